The van der Waals surface area contributed by atoms with Gasteiger partial charge in [0, 0.05) is 44.5 Å². The Balaban J connectivity index is 1.27. The molecule has 2 fully saturated rings. The number of hydrogen-bond donors (Lipinski definition) is 1. The number of sulfonamides is 1. The van der Waals surface area contributed by atoms with E-state index in [2.05, 4.69) is 21.3 Å². The number of piperidine rings is 1. The molecule has 166 valence electrons. The molecular formula is C22H28N4O4S. The molecule has 1 amide bonds. The Hall–Kier alpha value is -2.49. The Morgan fingerprint density at radius 2 is 1.77 bits per heavy atom. The standard InChI is InChI=1S/C22H28N4O4S/c27-22(24-16-18-7-10-25(11-8-18)20-2-1-9-23-17-20)19-3-5-21(6-4-19)31(28,29)26-12-14-30-15-13-26/h1-6,9,17-18H,7-8,10-16H2,(H,24,27). The lowest BCUT2D eigenvalue weighted by Crippen LogP contribution is -2.40. The molecule has 8 nitrogen and oxygen atoms in total. The number of rotatable bonds is 6. The van der Waals surface area contributed by atoms with Crippen molar-refractivity contribution in [3.05, 3.63) is 54.4 Å². The van der Waals surface area contributed by atoms with Crippen LogP contribution >= 0.6 is 0 Å². The minimum absolute atomic E-state index is 0.176. The monoisotopic (exact) mass is 444 g/mol. The van der Waals surface area contributed by atoms with E-state index in [-0.39, 0.29) is 10.8 Å². The quantitative estimate of drug-likeness (QED) is 0.730. The van der Waals surface area contributed by atoms with Crippen molar-refractivity contribution < 1.29 is 17.9 Å². The van der Waals surface area contributed by atoms with E-state index in [0.717, 1.165) is 31.6 Å². The van der Waals surface area contributed by atoms with E-state index in [4.69, 9.17) is 4.74 Å². The third-order valence-electron chi connectivity index (χ3n) is 5.90. The van der Waals surface area contributed by atoms with Gasteiger partial charge in [0.25, 0.3) is 5.91 Å². The molecule has 2 saturated heterocycles. The van der Waals surface area contributed by atoms with Crippen molar-refractivity contribution in [2.75, 3.05) is 50.8 Å². The van der Waals surface area contributed by atoms with Crippen molar-refractivity contribution in [2.45, 2.75) is 17.7 Å². The Bertz CT molecular complexity index is 968. The molecule has 31 heavy (non-hydrogen) atoms. The van der Waals surface area contributed by atoms with Crippen LogP contribution in [0.15, 0.2) is 53.7 Å². The van der Waals surface area contributed by atoms with Crippen molar-refractivity contribution in [3.63, 3.8) is 0 Å². The molecule has 1 N–H and O–H groups in total. The van der Waals surface area contributed by atoms with Crippen molar-refractivity contribution in [2.24, 2.45) is 5.92 Å². The fourth-order valence-corrected chi connectivity index (χ4v) is 5.40. The second-order valence-electron chi connectivity index (χ2n) is 7.89. The van der Waals surface area contributed by atoms with E-state index >= 15 is 0 Å². The van der Waals surface area contributed by atoms with Crippen molar-refractivity contribution in [3.8, 4) is 0 Å². The molecule has 0 radical (unpaired) electrons. The first-order valence-corrected chi connectivity index (χ1v) is 12.1. The summed E-state index contributed by atoms with van der Waals surface area (Å²) in [6, 6.07) is 10.2. The highest BCUT2D eigenvalue weighted by Crippen LogP contribution is 2.22. The highest BCUT2D eigenvalue weighted by Gasteiger charge is 2.26. The molecule has 0 unspecified atom stereocenters. The first kappa shape index (κ1) is 21.7. The van der Waals surface area contributed by atoms with E-state index in [9.17, 15) is 13.2 Å². The van der Waals surface area contributed by atoms with Gasteiger partial charge in [-0.05, 0) is 55.2 Å². The van der Waals surface area contributed by atoms with Crippen LogP contribution in [0.4, 0.5) is 5.69 Å². The highest BCUT2D eigenvalue weighted by atomic mass is 32.2. The molecule has 2 aliphatic heterocycles. The molecule has 0 aliphatic carbocycles. The topological polar surface area (TPSA) is 91.8 Å². The summed E-state index contributed by atoms with van der Waals surface area (Å²) >= 11 is 0. The molecule has 3 heterocycles. The van der Waals surface area contributed by atoms with Gasteiger partial charge >= 0.3 is 0 Å². The molecule has 9 heteroatoms. The van der Waals surface area contributed by atoms with Crippen LogP contribution in [0.2, 0.25) is 0 Å². The molecule has 2 aromatic rings. The summed E-state index contributed by atoms with van der Waals surface area (Å²) in [4.78, 5) is 19.2. The Morgan fingerprint density at radius 1 is 1.06 bits per heavy atom. The summed E-state index contributed by atoms with van der Waals surface area (Å²) in [7, 11) is -3.55. The number of amides is 1. The number of carbonyl (C=O) groups is 1. The predicted octanol–water partition coefficient (Wildman–Crippen LogP) is 1.75. The zero-order valence-electron chi connectivity index (χ0n) is 17.4. The Morgan fingerprint density at radius 3 is 2.42 bits per heavy atom. The fraction of sp³-hybridized carbons (Fsp3) is 0.455. The summed E-state index contributed by atoms with van der Waals surface area (Å²) in [5, 5.41) is 3.00. The number of pyridine rings is 1. The molecule has 4 rings (SSSR count). The van der Waals surface area contributed by atoms with Crippen LogP contribution in [0.5, 0.6) is 0 Å². The lowest BCUT2D eigenvalue weighted by atomic mass is 9.96. The van der Waals surface area contributed by atoms with Gasteiger partial charge in [-0.3, -0.25) is 9.78 Å². The van der Waals surface area contributed by atoms with Gasteiger partial charge in [-0.25, -0.2) is 8.42 Å². The predicted molar refractivity (Wildman–Crippen MR) is 118 cm³/mol. The van der Waals surface area contributed by atoms with Gasteiger partial charge in [-0.15, -0.1) is 0 Å². The second-order valence-corrected chi connectivity index (χ2v) is 9.83. The van der Waals surface area contributed by atoms with Crippen LogP contribution in [0, 0.1) is 5.92 Å². The number of carbonyl (C=O) groups excluding carboxylic acids is 1. The SMILES string of the molecule is O=C(NCC1CCN(c2cccnc2)CC1)c1ccc(S(=O)(=O)N2CCOCC2)cc1. The number of nitrogens with one attached hydrogen (secondary N) is 1. The summed E-state index contributed by atoms with van der Waals surface area (Å²) in [6.07, 6.45) is 5.67. The van der Waals surface area contributed by atoms with Gasteiger partial charge in [0.1, 0.15) is 0 Å². The molecular weight excluding hydrogens is 416 g/mol. The third-order valence-corrected chi connectivity index (χ3v) is 7.81. The van der Waals surface area contributed by atoms with E-state index in [1.807, 2.05) is 12.3 Å². The summed E-state index contributed by atoms with van der Waals surface area (Å²) in [5.41, 5.74) is 1.60. The number of aromatic nitrogens is 1. The summed E-state index contributed by atoms with van der Waals surface area (Å²) in [6.45, 7) is 4.02. The maximum atomic E-state index is 12.7. The number of morpholine rings is 1. The Labute approximate surface area is 183 Å². The van der Waals surface area contributed by atoms with Crippen LogP contribution in [0.1, 0.15) is 23.2 Å². The van der Waals surface area contributed by atoms with Crippen molar-refractivity contribution in [1.29, 1.82) is 0 Å². The van der Waals surface area contributed by atoms with Gasteiger partial charge in [-0.1, -0.05) is 0 Å². The number of benzene rings is 1. The van der Waals surface area contributed by atoms with Crippen molar-refractivity contribution >= 4 is 21.6 Å². The van der Waals surface area contributed by atoms with Crippen LogP contribution < -0.4 is 10.2 Å². The molecule has 1 aromatic heterocycles. The lowest BCUT2D eigenvalue weighted by Gasteiger charge is -2.33. The molecule has 0 bridgehead atoms. The van der Waals surface area contributed by atoms with Gasteiger partial charge in [-0.2, -0.15) is 4.31 Å². The molecule has 0 spiro atoms. The van der Waals surface area contributed by atoms with Gasteiger partial charge < -0.3 is 15.0 Å². The van der Waals surface area contributed by atoms with E-state index in [1.54, 1.807) is 18.3 Å². The Kier molecular flexibility index (Phi) is 6.84. The van der Waals surface area contributed by atoms with Crippen LogP contribution in [0.3, 0.4) is 0 Å². The fourth-order valence-electron chi connectivity index (χ4n) is 3.99. The molecule has 0 atom stereocenters. The normalized spacial score (nSPS) is 18.6. The van der Waals surface area contributed by atoms with Crippen LogP contribution in [-0.4, -0.2) is 69.6 Å². The number of hydrogen-bond acceptors (Lipinski definition) is 6. The lowest BCUT2D eigenvalue weighted by molar-refractivity contribution is 0.0730. The average Bonchev–Trinajstić information content (AvgIpc) is 2.84. The second kappa shape index (κ2) is 9.76. The van der Waals surface area contributed by atoms with Crippen molar-refractivity contribution in [1.82, 2.24) is 14.6 Å². The van der Waals surface area contributed by atoms with Gasteiger partial charge in [0.15, 0.2) is 0 Å². The summed E-state index contributed by atoms with van der Waals surface area (Å²) in [5.74, 6) is 0.253. The minimum atomic E-state index is -3.55. The van der Waals surface area contributed by atoms with Crippen LogP contribution in [0.25, 0.3) is 0 Å². The van der Waals surface area contributed by atoms with E-state index in [0.29, 0.717) is 44.3 Å². The summed E-state index contributed by atoms with van der Waals surface area (Å²) < 4.78 is 32.0. The number of anilines is 1. The van der Waals surface area contributed by atoms with E-state index < -0.39 is 10.0 Å². The minimum Gasteiger partial charge on any atom is -0.379 e. The first-order chi connectivity index (χ1) is 15.0. The van der Waals surface area contributed by atoms with E-state index in [1.165, 1.54) is 16.4 Å². The largest absolute Gasteiger partial charge is 0.379 e. The van der Waals surface area contributed by atoms with Gasteiger partial charge in [0.05, 0.1) is 30.0 Å². The van der Waals surface area contributed by atoms with Gasteiger partial charge in [0.2, 0.25) is 10.0 Å². The average molecular weight is 445 g/mol. The first-order valence-electron chi connectivity index (χ1n) is 10.7. The van der Waals surface area contributed by atoms with Crippen LogP contribution in [-0.2, 0) is 14.8 Å². The molecule has 1 aromatic carbocycles. The number of ether oxygens (including phenoxy) is 1. The third kappa shape index (κ3) is 5.23. The number of nitrogens with zero attached hydrogens (tertiary/aromatic N) is 3. The maximum Gasteiger partial charge on any atom is 0.251 e. The molecule has 2 aliphatic rings. The smallest absolute Gasteiger partial charge is 0.251 e. The highest BCUT2D eigenvalue weighted by molar-refractivity contribution is 7.89. The maximum absolute atomic E-state index is 12.7. The zero-order chi connectivity index (χ0) is 21.7. The molecule has 0 saturated carbocycles. The zero-order valence-corrected chi connectivity index (χ0v) is 18.3.